The molecule has 1 fully saturated rings. The van der Waals surface area contributed by atoms with E-state index < -0.39 is 0 Å². The van der Waals surface area contributed by atoms with Crippen LogP contribution in [-0.2, 0) is 6.42 Å². The van der Waals surface area contributed by atoms with Crippen LogP contribution in [0.1, 0.15) is 25.5 Å². The Morgan fingerprint density at radius 1 is 1.10 bits per heavy atom. The van der Waals surface area contributed by atoms with E-state index >= 15 is 0 Å². The highest BCUT2D eigenvalue weighted by molar-refractivity contribution is 5.83. The van der Waals surface area contributed by atoms with Gasteiger partial charge in [0.05, 0.1) is 0 Å². The fourth-order valence-corrected chi connectivity index (χ4v) is 3.99. The number of benzene rings is 2. The highest BCUT2D eigenvalue weighted by Crippen LogP contribution is 2.28. The maximum atomic E-state index is 13.1. The summed E-state index contributed by atoms with van der Waals surface area (Å²) in [6.45, 7) is 4.50. The molecule has 0 aliphatic carbocycles. The van der Waals surface area contributed by atoms with E-state index in [0.717, 1.165) is 35.3 Å². The Hall–Kier alpha value is -2.99. The quantitative estimate of drug-likeness (QED) is 0.461. The van der Waals surface area contributed by atoms with Gasteiger partial charge in [-0.25, -0.2) is 4.39 Å². The second-order valence-electron chi connectivity index (χ2n) is 7.67. The van der Waals surface area contributed by atoms with Crippen LogP contribution in [0.15, 0.2) is 57.5 Å². The molecule has 6 heteroatoms. The van der Waals surface area contributed by atoms with Gasteiger partial charge in [-0.3, -0.25) is 0 Å². The van der Waals surface area contributed by atoms with Crippen molar-refractivity contribution in [3.63, 3.8) is 0 Å². The molecule has 2 aromatic carbocycles. The minimum absolute atomic E-state index is 0.297. The minimum atomic E-state index is -0.297. The molecule has 0 radical (unpaired) electrons. The van der Waals surface area contributed by atoms with Gasteiger partial charge in [0.1, 0.15) is 17.2 Å². The van der Waals surface area contributed by atoms with E-state index in [1.807, 2.05) is 18.2 Å². The molecule has 0 amide bonds. The Morgan fingerprint density at radius 3 is 2.72 bits per heavy atom. The van der Waals surface area contributed by atoms with Crippen molar-refractivity contribution in [1.82, 2.24) is 15.0 Å². The predicted octanol–water partition coefficient (Wildman–Crippen LogP) is 5.32. The molecule has 5 rings (SSSR count). The lowest BCUT2D eigenvalue weighted by Crippen LogP contribution is -2.28. The normalized spacial score (nSPS) is 17.4. The zero-order valence-electron chi connectivity index (χ0n) is 16.3. The van der Waals surface area contributed by atoms with Crippen LogP contribution in [0.3, 0.4) is 0 Å². The molecule has 2 aromatic heterocycles. The monoisotopic (exact) mass is 391 g/mol. The van der Waals surface area contributed by atoms with Crippen LogP contribution in [0.25, 0.3) is 33.8 Å². The van der Waals surface area contributed by atoms with Crippen molar-refractivity contribution in [3.05, 3.63) is 60.1 Å². The van der Waals surface area contributed by atoms with E-state index in [-0.39, 0.29) is 5.82 Å². The van der Waals surface area contributed by atoms with Crippen LogP contribution >= 0.6 is 0 Å². The molecule has 0 unspecified atom stereocenters. The van der Waals surface area contributed by atoms with Gasteiger partial charge in [0, 0.05) is 35.5 Å². The number of hydrogen-bond donors (Lipinski definition) is 0. The molecule has 0 spiro atoms. The number of rotatable bonds is 5. The molecule has 0 bridgehead atoms. The van der Waals surface area contributed by atoms with Crippen LogP contribution in [0, 0.1) is 5.82 Å². The molecule has 1 saturated heterocycles. The number of aromatic nitrogens is 2. The number of fused-ring (bicyclic) bond motifs is 1. The highest BCUT2D eigenvalue weighted by Gasteiger charge is 2.20. The second-order valence-corrected chi connectivity index (χ2v) is 7.67. The smallest absolute Gasteiger partial charge is 0.258 e. The number of likely N-dealkylation sites (tertiary alicyclic amines) is 1. The molecule has 1 aliphatic heterocycles. The molecule has 5 nitrogen and oxygen atoms in total. The molecule has 0 N–H and O–H groups in total. The van der Waals surface area contributed by atoms with Gasteiger partial charge in [-0.2, -0.15) is 4.98 Å². The third-order valence-electron chi connectivity index (χ3n) is 5.68. The van der Waals surface area contributed by atoms with E-state index in [1.165, 1.54) is 31.5 Å². The molecule has 148 valence electrons. The minimum Gasteiger partial charge on any atom is -0.461 e. The zero-order chi connectivity index (χ0) is 19.8. The first-order valence-electron chi connectivity index (χ1n) is 10.0. The summed E-state index contributed by atoms with van der Waals surface area (Å²) in [5.41, 5.74) is 2.41. The molecule has 0 saturated carbocycles. The van der Waals surface area contributed by atoms with Crippen LogP contribution in [-0.4, -0.2) is 34.2 Å². The van der Waals surface area contributed by atoms with E-state index in [0.29, 0.717) is 23.3 Å². The van der Waals surface area contributed by atoms with Gasteiger partial charge in [0.2, 0.25) is 5.82 Å². The number of nitrogens with zero attached hydrogens (tertiary/aromatic N) is 3. The maximum absolute atomic E-state index is 13.1. The molecule has 29 heavy (non-hydrogen) atoms. The Kier molecular flexibility index (Phi) is 4.64. The lowest BCUT2D eigenvalue weighted by Gasteiger charge is -2.19. The summed E-state index contributed by atoms with van der Waals surface area (Å²) >= 11 is 0. The number of furan rings is 1. The van der Waals surface area contributed by atoms with E-state index in [9.17, 15) is 4.39 Å². The molecular formula is C23H22FN3O2. The summed E-state index contributed by atoms with van der Waals surface area (Å²) in [6, 6.07) is 14.7. The fraction of sp³-hybridized carbons (Fsp3) is 0.304. The molecular weight excluding hydrogens is 369 g/mol. The van der Waals surface area contributed by atoms with Gasteiger partial charge in [0.15, 0.2) is 0 Å². The average molecular weight is 391 g/mol. The van der Waals surface area contributed by atoms with E-state index in [2.05, 4.69) is 28.0 Å². The second kappa shape index (κ2) is 7.44. The fourth-order valence-electron chi connectivity index (χ4n) is 3.99. The summed E-state index contributed by atoms with van der Waals surface area (Å²) in [5, 5.41) is 5.11. The van der Waals surface area contributed by atoms with Crippen molar-refractivity contribution >= 4 is 11.0 Å². The maximum Gasteiger partial charge on any atom is 0.258 e. The Labute approximate surface area is 168 Å². The molecule has 4 aromatic rings. The van der Waals surface area contributed by atoms with Crippen molar-refractivity contribution in [1.29, 1.82) is 0 Å². The summed E-state index contributed by atoms with van der Waals surface area (Å²) in [4.78, 5) is 6.98. The zero-order valence-corrected chi connectivity index (χ0v) is 16.3. The van der Waals surface area contributed by atoms with Gasteiger partial charge in [-0.05, 0) is 74.8 Å². The van der Waals surface area contributed by atoms with Gasteiger partial charge in [-0.1, -0.05) is 5.16 Å². The van der Waals surface area contributed by atoms with Crippen molar-refractivity contribution in [2.45, 2.75) is 32.2 Å². The molecule has 1 aliphatic rings. The predicted molar refractivity (Wildman–Crippen MR) is 109 cm³/mol. The van der Waals surface area contributed by atoms with E-state index in [4.69, 9.17) is 8.94 Å². The van der Waals surface area contributed by atoms with Gasteiger partial charge < -0.3 is 13.8 Å². The summed E-state index contributed by atoms with van der Waals surface area (Å²) in [5.74, 6) is 1.57. The topological polar surface area (TPSA) is 55.3 Å². The van der Waals surface area contributed by atoms with Crippen molar-refractivity contribution in [2.24, 2.45) is 0 Å². The number of hydrogen-bond acceptors (Lipinski definition) is 5. The van der Waals surface area contributed by atoms with Gasteiger partial charge in [0.25, 0.3) is 5.89 Å². The van der Waals surface area contributed by atoms with Crippen molar-refractivity contribution < 1.29 is 13.3 Å². The first-order valence-corrected chi connectivity index (χ1v) is 10.0. The lowest BCUT2D eigenvalue weighted by molar-refractivity contribution is 0.266. The molecule has 1 atom stereocenters. The molecule has 3 heterocycles. The number of halogens is 1. The van der Waals surface area contributed by atoms with Crippen LogP contribution in [0.2, 0.25) is 0 Å². The Balaban J connectivity index is 1.35. The van der Waals surface area contributed by atoms with Crippen LogP contribution < -0.4 is 0 Å². The third-order valence-corrected chi connectivity index (χ3v) is 5.68. The van der Waals surface area contributed by atoms with Crippen LogP contribution in [0.5, 0.6) is 0 Å². The lowest BCUT2D eigenvalue weighted by atomic mass is 10.1. The van der Waals surface area contributed by atoms with E-state index in [1.54, 1.807) is 12.1 Å². The summed E-state index contributed by atoms with van der Waals surface area (Å²) in [7, 11) is 0. The standard InChI is InChI=1S/C23H22FN3O2/c1-15-3-2-11-27(15)12-10-20-14-18-13-17(6-9-21(18)28-20)22-25-23(29-26-22)16-4-7-19(24)8-5-16/h4-9,13-15H,2-3,10-12H2,1H3/t15-/m1/s1. The average Bonchev–Trinajstić information content (AvgIpc) is 3.45. The van der Waals surface area contributed by atoms with Gasteiger partial charge >= 0.3 is 0 Å². The van der Waals surface area contributed by atoms with Gasteiger partial charge in [-0.15, -0.1) is 0 Å². The highest BCUT2D eigenvalue weighted by atomic mass is 19.1. The summed E-state index contributed by atoms with van der Waals surface area (Å²) in [6.07, 6.45) is 3.48. The Bertz CT molecular complexity index is 1130. The van der Waals surface area contributed by atoms with Crippen molar-refractivity contribution in [3.8, 4) is 22.8 Å². The summed E-state index contributed by atoms with van der Waals surface area (Å²) < 4.78 is 24.5. The van der Waals surface area contributed by atoms with Crippen molar-refractivity contribution in [2.75, 3.05) is 13.1 Å². The largest absolute Gasteiger partial charge is 0.461 e. The Morgan fingerprint density at radius 2 is 1.93 bits per heavy atom. The SMILES string of the molecule is C[C@@H]1CCCN1CCc1cc2cc(-c3noc(-c4ccc(F)cc4)n3)ccc2o1. The third kappa shape index (κ3) is 3.68. The van der Waals surface area contributed by atoms with Crippen LogP contribution in [0.4, 0.5) is 4.39 Å². The first-order chi connectivity index (χ1) is 14.2. The first kappa shape index (κ1) is 18.1.